The number of nitrogens with zero attached hydrogens (tertiary/aromatic N) is 1. The van der Waals surface area contributed by atoms with E-state index < -0.39 is 15.3 Å². The third kappa shape index (κ3) is 3.16. The smallest absolute Gasteiger partial charge is 0.218 e. The van der Waals surface area contributed by atoms with Crippen LogP contribution in [0.4, 0.5) is 0 Å². The van der Waals surface area contributed by atoms with Crippen LogP contribution in [0.5, 0.6) is 0 Å². The normalized spacial score (nSPS) is 27.3. The molecule has 1 rings (SSSR count). The summed E-state index contributed by atoms with van der Waals surface area (Å²) in [5.74, 6) is 0.606. The van der Waals surface area contributed by atoms with Crippen molar-refractivity contribution in [2.75, 3.05) is 19.7 Å². The first-order valence-corrected chi connectivity index (χ1v) is 7.08. The Balaban J connectivity index is 2.70. The third-order valence-electron chi connectivity index (χ3n) is 3.10. The Morgan fingerprint density at radius 1 is 1.40 bits per heavy atom. The van der Waals surface area contributed by atoms with Gasteiger partial charge in [-0.2, -0.15) is 0 Å². The minimum Gasteiger partial charge on any atom is -0.395 e. The zero-order valence-corrected chi connectivity index (χ0v) is 10.3. The van der Waals surface area contributed by atoms with Crippen molar-refractivity contribution in [3.63, 3.8) is 0 Å². The fourth-order valence-electron chi connectivity index (χ4n) is 1.84. The molecular weight excluding hydrogens is 214 g/mol. The van der Waals surface area contributed by atoms with Gasteiger partial charge in [-0.15, -0.1) is 0 Å². The molecule has 0 amide bonds. The van der Waals surface area contributed by atoms with Crippen molar-refractivity contribution in [2.45, 2.75) is 38.4 Å². The van der Waals surface area contributed by atoms with Crippen LogP contribution in [0.25, 0.3) is 0 Å². The van der Waals surface area contributed by atoms with Gasteiger partial charge in [-0.25, -0.2) is 12.7 Å². The van der Waals surface area contributed by atoms with Crippen LogP contribution in [0.1, 0.15) is 33.1 Å². The van der Waals surface area contributed by atoms with E-state index >= 15 is 0 Å². The Hall–Kier alpha value is -0.130. The first-order valence-electron chi connectivity index (χ1n) is 5.58. The predicted octanol–water partition coefficient (Wildman–Crippen LogP) is 0.819. The number of hydrogen-bond acceptors (Lipinski definition) is 3. The van der Waals surface area contributed by atoms with Gasteiger partial charge in [0.15, 0.2) is 0 Å². The van der Waals surface area contributed by atoms with Crippen molar-refractivity contribution >= 4 is 10.0 Å². The molecule has 1 aliphatic heterocycles. The zero-order chi connectivity index (χ0) is 11.5. The molecule has 5 heteroatoms. The van der Waals surface area contributed by atoms with Gasteiger partial charge in [0, 0.05) is 13.1 Å². The largest absolute Gasteiger partial charge is 0.395 e. The van der Waals surface area contributed by atoms with E-state index in [-0.39, 0.29) is 6.61 Å². The summed E-state index contributed by atoms with van der Waals surface area (Å²) in [7, 11) is -3.28. The highest BCUT2D eigenvalue weighted by Gasteiger charge is 2.29. The van der Waals surface area contributed by atoms with Crippen molar-refractivity contribution in [2.24, 2.45) is 5.92 Å². The molecular formula is C10H21NO3S. The minimum absolute atomic E-state index is 0.297. The van der Waals surface area contributed by atoms with Crippen LogP contribution >= 0.6 is 0 Å². The predicted molar refractivity (Wildman–Crippen MR) is 60.1 cm³/mol. The topological polar surface area (TPSA) is 57.6 Å². The van der Waals surface area contributed by atoms with Gasteiger partial charge in [-0.05, 0) is 32.1 Å². The molecule has 0 spiro atoms. The lowest BCUT2D eigenvalue weighted by Gasteiger charge is -2.23. The molecule has 1 heterocycles. The second-order valence-electron chi connectivity index (χ2n) is 4.47. The number of sulfonamides is 1. The maximum Gasteiger partial charge on any atom is 0.218 e. The van der Waals surface area contributed by atoms with Crippen molar-refractivity contribution in [1.29, 1.82) is 0 Å². The molecule has 0 saturated carbocycles. The molecule has 2 unspecified atom stereocenters. The minimum atomic E-state index is -3.28. The number of aliphatic hydroxyl groups is 1. The summed E-state index contributed by atoms with van der Waals surface area (Å²) in [5.41, 5.74) is 0. The van der Waals surface area contributed by atoms with E-state index in [1.54, 1.807) is 6.92 Å². The molecule has 1 N–H and O–H groups in total. The summed E-state index contributed by atoms with van der Waals surface area (Å²) in [6, 6.07) is 0. The van der Waals surface area contributed by atoms with Gasteiger partial charge in [0.1, 0.15) is 0 Å². The highest BCUT2D eigenvalue weighted by Crippen LogP contribution is 2.20. The van der Waals surface area contributed by atoms with Crippen LogP contribution in [0.3, 0.4) is 0 Å². The summed E-state index contributed by atoms with van der Waals surface area (Å²) in [6.07, 6.45) is 2.95. The highest BCUT2D eigenvalue weighted by atomic mass is 32.2. The van der Waals surface area contributed by atoms with Crippen LogP contribution in [0, 0.1) is 5.92 Å². The van der Waals surface area contributed by atoms with Crippen molar-refractivity contribution in [1.82, 2.24) is 4.31 Å². The molecule has 0 aliphatic carbocycles. The average molecular weight is 235 g/mol. The van der Waals surface area contributed by atoms with Crippen molar-refractivity contribution < 1.29 is 13.5 Å². The molecule has 2 atom stereocenters. The van der Waals surface area contributed by atoms with E-state index in [4.69, 9.17) is 5.11 Å². The number of aliphatic hydroxyl groups excluding tert-OH is 1. The molecule has 1 fully saturated rings. The average Bonchev–Trinajstić information content (AvgIpc) is 2.41. The maximum atomic E-state index is 11.9. The van der Waals surface area contributed by atoms with Gasteiger partial charge >= 0.3 is 0 Å². The molecule has 0 aromatic heterocycles. The molecule has 0 aromatic carbocycles. The molecule has 0 radical (unpaired) electrons. The SMILES string of the molecule is CC1CCCN(S(=O)(=O)C(C)CO)CC1. The number of hydrogen-bond donors (Lipinski definition) is 1. The Morgan fingerprint density at radius 2 is 2.07 bits per heavy atom. The highest BCUT2D eigenvalue weighted by molar-refractivity contribution is 7.89. The van der Waals surface area contributed by atoms with E-state index in [2.05, 4.69) is 6.92 Å². The van der Waals surface area contributed by atoms with Gasteiger partial charge in [-0.3, -0.25) is 0 Å². The maximum absolute atomic E-state index is 11.9. The van der Waals surface area contributed by atoms with Crippen molar-refractivity contribution in [3.8, 4) is 0 Å². The van der Waals surface area contributed by atoms with Crippen LogP contribution < -0.4 is 0 Å². The van der Waals surface area contributed by atoms with Gasteiger partial charge in [0.25, 0.3) is 0 Å². The van der Waals surface area contributed by atoms with Gasteiger partial charge in [0.2, 0.25) is 10.0 Å². The zero-order valence-electron chi connectivity index (χ0n) is 9.52. The second kappa shape index (κ2) is 5.27. The lowest BCUT2D eigenvalue weighted by atomic mass is 10.0. The standard InChI is InChI=1S/C10H21NO3S/c1-9-4-3-6-11(7-5-9)15(13,14)10(2)8-12/h9-10,12H,3-8H2,1-2H3. The van der Waals surface area contributed by atoms with Gasteiger partial charge in [-0.1, -0.05) is 6.92 Å². The summed E-state index contributed by atoms with van der Waals surface area (Å²) < 4.78 is 25.4. The van der Waals surface area contributed by atoms with Crippen LogP contribution in [-0.4, -0.2) is 42.8 Å². The summed E-state index contributed by atoms with van der Waals surface area (Å²) >= 11 is 0. The molecule has 1 saturated heterocycles. The van der Waals surface area contributed by atoms with Crippen LogP contribution in [0.2, 0.25) is 0 Å². The summed E-state index contributed by atoms with van der Waals surface area (Å²) in [5, 5.41) is 8.24. The van der Waals surface area contributed by atoms with Gasteiger partial charge in [0.05, 0.1) is 11.9 Å². The summed E-state index contributed by atoms with van der Waals surface area (Å²) in [4.78, 5) is 0. The lowest BCUT2D eigenvalue weighted by Crippen LogP contribution is -2.39. The monoisotopic (exact) mass is 235 g/mol. The molecule has 1 aliphatic rings. The van der Waals surface area contributed by atoms with E-state index in [0.29, 0.717) is 19.0 Å². The molecule has 0 bridgehead atoms. The van der Waals surface area contributed by atoms with Crippen molar-refractivity contribution in [3.05, 3.63) is 0 Å². The van der Waals surface area contributed by atoms with E-state index in [0.717, 1.165) is 19.3 Å². The molecule has 0 aromatic rings. The van der Waals surface area contributed by atoms with E-state index in [9.17, 15) is 8.42 Å². The lowest BCUT2D eigenvalue weighted by molar-refractivity contribution is 0.288. The Labute approximate surface area is 92.3 Å². The second-order valence-corrected chi connectivity index (χ2v) is 6.82. The number of rotatable bonds is 3. The third-order valence-corrected chi connectivity index (χ3v) is 5.35. The van der Waals surface area contributed by atoms with E-state index in [1.807, 2.05) is 0 Å². The quantitative estimate of drug-likeness (QED) is 0.788. The summed E-state index contributed by atoms with van der Waals surface area (Å²) in [6.45, 7) is 4.63. The first kappa shape index (κ1) is 12.9. The fourth-order valence-corrected chi connectivity index (χ4v) is 3.28. The Bertz CT molecular complexity index is 289. The molecule has 90 valence electrons. The Kier molecular flexibility index (Phi) is 4.55. The first-order chi connectivity index (χ1) is 6.98. The Morgan fingerprint density at radius 3 is 2.67 bits per heavy atom. The van der Waals surface area contributed by atoms with Crippen LogP contribution in [-0.2, 0) is 10.0 Å². The molecule has 15 heavy (non-hydrogen) atoms. The van der Waals surface area contributed by atoms with Crippen LogP contribution in [0.15, 0.2) is 0 Å². The molecule has 4 nitrogen and oxygen atoms in total. The van der Waals surface area contributed by atoms with E-state index in [1.165, 1.54) is 4.31 Å². The fraction of sp³-hybridized carbons (Fsp3) is 1.00. The van der Waals surface area contributed by atoms with Gasteiger partial charge < -0.3 is 5.11 Å².